The van der Waals surface area contributed by atoms with E-state index in [9.17, 15) is 9.59 Å². The van der Waals surface area contributed by atoms with E-state index in [0.717, 1.165) is 16.8 Å². The molecule has 0 fully saturated rings. The summed E-state index contributed by atoms with van der Waals surface area (Å²) in [6.07, 6.45) is 1.31. The van der Waals surface area contributed by atoms with Crippen LogP contribution in [0.1, 0.15) is 61.0 Å². The first-order valence-corrected chi connectivity index (χ1v) is 11.6. The number of ketones is 1. The van der Waals surface area contributed by atoms with E-state index < -0.39 is 0 Å². The zero-order valence-corrected chi connectivity index (χ0v) is 22.3. The van der Waals surface area contributed by atoms with Gasteiger partial charge >= 0.3 is 0 Å². The molecule has 0 saturated carbocycles. The van der Waals surface area contributed by atoms with Gasteiger partial charge in [-0.15, -0.1) is 35.9 Å². The minimum atomic E-state index is -0.375. The smallest absolute Gasteiger partial charge is 0.215 e. The number of para-hydroxylation sites is 1. The molecule has 0 spiro atoms. The van der Waals surface area contributed by atoms with Crippen LogP contribution in [0, 0.1) is 6.07 Å². The largest absolute Gasteiger partial charge is 0.323 e. The number of nitrogens with one attached hydrogen (secondary N) is 1. The molecule has 0 saturated heterocycles. The number of hydrogen-bond donors (Lipinski definition) is 1. The summed E-state index contributed by atoms with van der Waals surface area (Å²) in [5, 5.41) is 0. The number of aromatic nitrogens is 1. The number of hydrogen-bond acceptors (Lipinski definition) is 3. The summed E-state index contributed by atoms with van der Waals surface area (Å²) in [5.74, 6) is 0.158. The molecule has 1 N–H and O–H groups in total. The molecule has 0 aliphatic rings. The molecule has 0 unspecified atom stereocenters. The minimum Gasteiger partial charge on any atom is -0.323 e. The van der Waals surface area contributed by atoms with E-state index in [1.807, 2.05) is 24.3 Å². The molecule has 3 rings (SSSR count). The summed E-state index contributed by atoms with van der Waals surface area (Å²) < 4.78 is 0.872. The molecule has 0 amide bonds. The first-order chi connectivity index (χ1) is 14.7. The van der Waals surface area contributed by atoms with Crippen molar-refractivity contribution >= 4 is 49.5 Å². The van der Waals surface area contributed by atoms with Crippen molar-refractivity contribution in [3.8, 4) is 11.1 Å². The van der Waals surface area contributed by atoms with E-state index in [1.54, 1.807) is 18.2 Å². The van der Waals surface area contributed by atoms with Crippen molar-refractivity contribution in [3.63, 3.8) is 0 Å². The van der Waals surface area contributed by atoms with Crippen molar-refractivity contribution in [1.29, 1.82) is 0 Å². The van der Waals surface area contributed by atoms with Gasteiger partial charge in [-0.3, -0.25) is 14.6 Å². The molecule has 32 heavy (non-hydrogen) atoms. The van der Waals surface area contributed by atoms with Crippen molar-refractivity contribution in [2.24, 2.45) is 4.99 Å². The quantitative estimate of drug-likeness (QED) is 0.141. The van der Waals surface area contributed by atoms with Crippen LogP contribution in [0.3, 0.4) is 0 Å². The van der Waals surface area contributed by atoms with Gasteiger partial charge in [0.15, 0.2) is 5.78 Å². The van der Waals surface area contributed by atoms with E-state index in [2.05, 4.69) is 75.6 Å². The minimum absolute atomic E-state index is 0. The molecule has 0 bridgehead atoms. The van der Waals surface area contributed by atoms with E-state index in [0.29, 0.717) is 14.6 Å². The number of Topliss-reactive ketones (excluding diaryl/α,β-unsaturated/α-hetero) is 1. The van der Waals surface area contributed by atoms with Gasteiger partial charge < -0.3 is 4.98 Å². The summed E-state index contributed by atoms with van der Waals surface area (Å²) in [6.45, 7) is 8.42. The van der Waals surface area contributed by atoms with Gasteiger partial charge in [0.25, 0.3) is 0 Å². The summed E-state index contributed by atoms with van der Waals surface area (Å²) >= 11 is 6.77. The molecule has 169 valence electrons. The van der Waals surface area contributed by atoms with Gasteiger partial charge in [-0.25, -0.2) is 0 Å². The average Bonchev–Trinajstić information content (AvgIpc) is 2.74. The van der Waals surface area contributed by atoms with E-state index in [-0.39, 0.29) is 51.1 Å². The summed E-state index contributed by atoms with van der Waals surface area (Å²) in [6, 6.07) is 16.2. The number of carbonyl (C=O) groups is 1. The van der Waals surface area contributed by atoms with Crippen LogP contribution in [-0.4, -0.2) is 17.0 Å². The van der Waals surface area contributed by atoms with E-state index >= 15 is 0 Å². The van der Waals surface area contributed by atoms with Crippen molar-refractivity contribution < 1.29 is 21.6 Å². The monoisotopic (exact) mass is 600 g/mol. The predicted molar refractivity (Wildman–Crippen MR) is 134 cm³/mol. The van der Waals surface area contributed by atoms with Crippen LogP contribution in [0.25, 0.3) is 11.1 Å². The summed E-state index contributed by atoms with van der Waals surface area (Å²) in [4.78, 5) is 33.4. The number of carbonyl (C=O) groups excluding carboxylic acids is 1. The Morgan fingerprint density at radius 2 is 1.66 bits per heavy atom. The Kier molecular flexibility index (Phi) is 9.39. The predicted octanol–water partition coefficient (Wildman–Crippen LogP) is 7.20. The third kappa shape index (κ3) is 5.57. The van der Waals surface area contributed by atoms with Crippen molar-refractivity contribution in [3.05, 3.63) is 84.7 Å². The number of halogens is 2. The van der Waals surface area contributed by atoms with Gasteiger partial charge in [0.1, 0.15) is 0 Å². The van der Waals surface area contributed by atoms with Crippen molar-refractivity contribution in [2.75, 3.05) is 0 Å². The first kappa shape index (κ1) is 26.4. The van der Waals surface area contributed by atoms with Crippen LogP contribution in [0.4, 0.5) is 5.69 Å². The van der Waals surface area contributed by atoms with Gasteiger partial charge in [0.2, 0.25) is 5.56 Å². The summed E-state index contributed by atoms with van der Waals surface area (Å²) in [7, 11) is 0. The molecule has 0 aliphatic carbocycles. The third-order valence-corrected chi connectivity index (χ3v) is 6.91. The summed E-state index contributed by atoms with van der Waals surface area (Å²) in [5.41, 5.74) is 3.65. The zero-order valence-electron chi connectivity index (χ0n) is 18.1. The van der Waals surface area contributed by atoms with E-state index in [1.165, 1.54) is 6.21 Å². The number of aliphatic imine (C=N–C) groups is 1. The molecule has 1 aromatic heterocycles. The zero-order chi connectivity index (χ0) is 22.7. The molecule has 0 atom stereocenters. The van der Waals surface area contributed by atoms with Crippen LogP contribution in [-0.2, 0) is 16.8 Å². The van der Waals surface area contributed by atoms with Crippen LogP contribution in [0.2, 0.25) is 0 Å². The fourth-order valence-corrected chi connectivity index (χ4v) is 4.31. The number of benzene rings is 2. The number of nitrogens with zero attached hydrogens (tertiary/aromatic N) is 1. The Labute approximate surface area is 215 Å². The van der Waals surface area contributed by atoms with Crippen LogP contribution in [0.15, 0.2) is 61.3 Å². The van der Waals surface area contributed by atoms with Crippen LogP contribution < -0.4 is 5.56 Å². The first-order valence-electron chi connectivity index (χ1n) is 10.0. The number of H-pyrrole nitrogens is 1. The SMILES string of the molecule is CC(C)c1cccc(C(C)C)c1N=CC(=O)c1c(Br)c(Br)[nH]c(=O)c1-c1[c-]cccc1.[Co]. The Bertz CT molecular complexity index is 1180. The third-order valence-electron chi connectivity index (χ3n) is 4.99. The second kappa shape index (κ2) is 11.4. The molecule has 7 heteroatoms. The second-order valence-corrected chi connectivity index (χ2v) is 9.41. The number of aromatic amines is 1. The van der Waals surface area contributed by atoms with E-state index in [4.69, 9.17) is 0 Å². The number of rotatable bonds is 6. The van der Waals surface area contributed by atoms with Crippen LogP contribution >= 0.6 is 31.9 Å². The Morgan fingerprint density at radius 3 is 2.19 bits per heavy atom. The Balaban J connectivity index is 0.00000363. The molecule has 3 aromatic rings. The average molecular weight is 602 g/mol. The molecule has 2 aromatic carbocycles. The topological polar surface area (TPSA) is 62.3 Å². The van der Waals surface area contributed by atoms with Gasteiger partial charge in [-0.05, 0) is 60.4 Å². The van der Waals surface area contributed by atoms with Crippen LogP contribution in [0.5, 0.6) is 0 Å². The Hall–Kier alpha value is -1.80. The normalized spacial score (nSPS) is 11.2. The molecule has 1 radical (unpaired) electrons. The molecular weight excluding hydrogens is 579 g/mol. The molecular formula is C25H23Br2CoN2O2-. The van der Waals surface area contributed by atoms with Gasteiger partial charge in [-0.2, -0.15) is 0 Å². The van der Waals surface area contributed by atoms with Gasteiger partial charge in [0.05, 0.1) is 21.0 Å². The fraction of sp³-hybridized carbons (Fsp3) is 0.240. The van der Waals surface area contributed by atoms with Gasteiger partial charge in [0, 0.05) is 22.3 Å². The maximum Gasteiger partial charge on any atom is 0.215 e. The second-order valence-electron chi connectivity index (χ2n) is 7.83. The molecule has 0 aliphatic heterocycles. The Morgan fingerprint density at radius 1 is 1.03 bits per heavy atom. The fourth-order valence-electron chi connectivity index (χ4n) is 3.44. The van der Waals surface area contributed by atoms with Gasteiger partial charge in [-0.1, -0.05) is 45.9 Å². The maximum absolute atomic E-state index is 13.3. The standard InChI is InChI=1S/C25H23Br2N2O2.Co/c1-14(2)17-11-8-12-18(15(3)4)23(17)28-13-19(30)21-20(16-9-6-5-7-10-16)25(31)29-24(27)22(21)26;/h5-9,11-15H,1-4H3,(H,29,31);/q-1;. The molecule has 4 nitrogen and oxygen atoms in total. The van der Waals surface area contributed by atoms with Crippen molar-refractivity contribution in [1.82, 2.24) is 4.98 Å². The number of pyridine rings is 1. The maximum atomic E-state index is 13.3. The van der Waals surface area contributed by atoms with Crippen molar-refractivity contribution in [2.45, 2.75) is 39.5 Å². The molecule has 1 heterocycles.